The van der Waals surface area contributed by atoms with Crippen molar-refractivity contribution < 1.29 is 18.8 Å². The van der Waals surface area contributed by atoms with Crippen molar-refractivity contribution in [3.05, 3.63) is 53.5 Å². The van der Waals surface area contributed by atoms with Crippen molar-refractivity contribution in [3.8, 4) is 23.0 Å². The van der Waals surface area contributed by atoms with E-state index in [-0.39, 0.29) is 18.4 Å². The van der Waals surface area contributed by atoms with Crippen LogP contribution in [0.2, 0.25) is 0 Å². The molecule has 0 spiro atoms. The summed E-state index contributed by atoms with van der Waals surface area (Å²) >= 11 is 0. The maximum absolute atomic E-state index is 12.4. The van der Waals surface area contributed by atoms with Crippen LogP contribution in [0.3, 0.4) is 0 Å². The van der Waals surface area contributed by atoms with Crippen molar-refractivity contribution in [1.82, 2.24) is 20.0 Å². The van der Waals surface area contributed by atoms with E-state index in [0.29, 0.717) is 28.6 Å². The van der Waals surface area contributed by atoms with E-state index in [0.717, 1.165) is 5.56 Å². The van der Waals surface area contributed by atoms with Crippen molar-refractivity contribution in [2.75, 3.05) is 21.2 Å². The zero-order valence-electron chi connectivity index (χ0n) is 15.6. The summed E-state index contributed by atoms with van der Waals surface area (Å²) in [5.74, 6) is 1.22. The molecule has 1 amide bonds. The highest BCUT2D eigenvalue weighted by atomic mass is 16.5. The van der Waals surface area contributed by atoms with Gasteiger partial charge in [0.25, 0.3) is 11.8 Å². The van der Waals surface area contributed by atoms with E-state index in [1.54, 1.807) is 38.5 Å². The van der Waals surface area contributed by atoms with Crippen LogP contribution in [-0.2, 0) is 6.61 Å². The summed E-state index contributed by atoms with van der Waals surface area (Å²) < 4.78 is 16.4. The zero-order chi connectivity index (χ0) is 19.4. The Morgan fingerprint density at radius 3 is 2.78 bits per heavy atom. The van der Waals surface area contributed by atoms with Crippen LogP contribution in [0, 0.1) is 6.92 Å². The van der Waals surface area contributed by atoms with Crippen molar-refractivity contribution in [2.24, 2.45) is 0 Å². The predicted molar refractivity (Wildman–Crippen MR) is 97.6 cm³/mol. The van der Waals surface area contributed by atoms with Gasteiger partial charge < -0.3 is 18.9 Å². The topological polar surface area (TPSA) is 90.6 Å². The number of methoxy groups -OCH3 is 1. The van der Waals surface area contributed by atoms with Crippen LogP contribution in [0.4, 0.5) is 0 Å². The molecule has 0 fully saturated rings. The van der Waals surface area contributed by atoms with Gasteiger partial charge in [-0.05, 0) is 36.8 Å². The zero-order valence-corrected chi connectivity index (χ0v) is 15.6. The summed E-state index contributed by atoms with van der Waals surface area (Å²) in [5.41, 5.74) is 2.05. The van der Waals surface area contributed by atoms with Gasteiger partial charge in [-0.25, -0.2) is 0 Å². The Labute approximate surface area is 156 Å². The fourth-order valence-electron chi connectivity index (χ4n) is 2.44. The van der Waals surface area contributed by atoms with Gasteiger partial charge in [0.1, 0.15) is 5.69 Å². The lowest BCUT2D eigenvalue weighted by atomic mass is 10.1. The number of para-hydroxylation sites is 1. The molecule has 1 aromatic carbocycles. The number of nitrogens with zero attached hydrogens (tertiary/aromatic N) is 4. The average molecular weight is 368 g/mol. The van der Waals surface area contributed by atoms with Gasteiger partial charge in [0, 0.05) is 20.3 Å². The molecule has 3 rings (SSSR count). The smallest absolute Gasteiger partial charge is 0.264 e. The van der Waals surface area contributed by atoms with E-state index in [1.807, 2.05) is 19.1 Å². The Balaban J connectivity index is 1.82. The Kier molecular flexibility index (Phi) is 5.35. The van der Waals surface area contributed by atoms with Gasteiger partial charge >= 0.3 is 0 Å². The van der Waals surface area contributed by atoms with E-state index in [4.69, 9.17) is 14.0 Å². The molecule has 3 aromatic rings. The maximum Gasteiger partial charge on any atom is 0.264 e. The van der Waals surface area contributed by atoms with Crippen LogP contribution in [0.25, 0.3) is 11.5 Å². The van der Waals surface area contributed by atoms with E-state index < -0.39 is 0 Å². The average Bonchev–Trinajstić information content (AvgIpc) is 3.14. The van der Waals surface area contributed by atoms with Crippen LogP contribution in [0.1, 0.15) is 21.8 Å². The SMILES string of the molecule is COc1cccc(C(=O)N(C)C)c1OCc1nc(-c2cc(C)ccn2)no1. The highest BCUT2D eigenvalue weighted by Gasteiger charge is 2.20. The normalized spacial score (nSPS) is 10.5. The number of rotatable bonds is 6. The first kappa shape index (κ1) is 18.4. The number of ether oxygens (including phenoxy) is 2. The first-order chi connectivity index (χ1) is 13.0. The number of aromatic nitrogens is 3. The number of benzene rings is 1. The second-order valence-corrected chi connectivity index (χ2v) is 6.06. The number of hydrogen-bond donors (Lipinski definition) is 0. The molecule has 140 valence electrons. The number of carbonyl (C=O) groups is 1. The minimum absolute atomic E-state index is 0.00705. The molecule has 0 unspecified atom stereocenters. The van der Waals surface area contributed by atoms with Gasteiger partial charge in [-0.2, -0.15) is 4.98 Å². The maximum atomic E-state index is 12.4. The highest BCUT2D eigenvalue weighted by Crippen LogP contribution is 2.32. The van der Waals surface area contributed by atoms with Gasteiger partial charge in [-0.3, -0.25) is 9.78 Å². The summed E-state index contributed by atoms with van der Waals surface area (Å²) in [4.78, 5) is 22.4. The first-order valence-electron chi connectivity index (χ1n) is 8.26. The second-order valence-electron chi connectivity index (χ2n) is 6.06. The number of amides is 1. The molecule has 0 saturated carbocycles. The molecular weight excluding hydrogens is 348 g/mol. The van der Waals surface area contributed by atoms with Crippen LogP contribution in [0.15, 0.2) is 41.1 Å². The third-order valence-corrected chi connectivity index (χ3v) is 3.79. The number of carbonyl (C=O) groups excluding carboxylic acids is 1. The largest absolute Gasteiger partial charge is 0.493 e. The van der Waals surface area contributed by atoms with Crippen LogP contribution >= 0.6 is 0 Å². The third-order valence-electron chi connectivity index (χ3n) is 3.79. The molecule has 2 aromatic heterocycles. The summed E-state index contributed by atoms with van der Waals surface area (Å²) in [7, 11) is 4.86. The van der Waals surface area contributed by atoms with Gasteiger partial charge in [0.05, 0.1) is 12.7 Å². The van der Waals surface area contributed by atoms with Crippen molar-refractivity contribution in [2.45, 2.75) is 13.5 Å². The van der Waals surface area contributed by atoms with Crippen LogP contribution in [-0.4, -0.2) is 47.1 Å². The molecule has 8 heteroatoms. The van der Waals surface area contributed by atoms with E-state index in [9.17, 15) is 4.79 Å². The Morgan fingerprint density at radius 2 is 2.07 bits per heavy atom. The third kappa shape index (κ3) is 4.05. The van der Waals surface area contributed by atoms with Crippen molar-refractivity contribution in [1.29, 1.82) is 0 Å². The van der Waals surface area contributed by atoms with Crippen LogP contribution in [0.5, 0.6) is 11.5 Å². The first-order valence-corrected chi connectivity index (χ1v) is 8.26. The molecule has 8 nitrogen and oxygen atoms in total. The molecule has 0 saturated heterocycles. The van der Waals surface area contributed by atoms with Crippen molar-refractivity contribution >= 4 is 5.91 Å². The summed E-state index contributed by atoms with van der Waals surface area (Å²) in [6.07, 6.45) is 1.69. The lowest BCUT2D eigenvalue weighted by Crippen LogP contribution is -2.22. The molecule has 2 heterocycles. The number of pyridine rings is 1. The monoisotopic (exact) mass is 368 g/mol. The van der Waals surface area contributed by atoms with E-state index in [1.165, 1.54) is 12.0 Å². The van der Waals surface area contributed by atoms with Gasteiger partial charge in [0.15, 0.2) is 18.1 Å². The quantitative estimate of drug-likeness (QED) is 0.661. The molecule has 0 bridgehead atoms. The molecule has 0 aliphatic rings. The minimum Gasteiger partial charge on any atom is -0.493 e. The minimum atomic E-state index is -0.195. The number of aryl methyl sites for hydroxylation is 1. The second kappa shape index (κ2) is 7.86. The molecule has 0 radical (unpaired) electrons. The Bertz CT molecular complexity index is 952. The Hall–Kier alpha value is -3.42. The fraction of sp³-hybridized carbons (Fsp3) is 0.263. The van der Waals surface area contributed by atoms with E-state index in [2.05, 4.69) is 15.1 Å². The fourth-order valence-corrected chi connectivity index (χ4v) is 2.44. The molecule has 27 heavy (non-hydrogen) atoms. The van der Waals surface area contributed by atoms with Gasteiger partial charge in [-0.15, -0.1) is 0 Å². The van der Waals surface area contributed by atoms with Crippen molar-refractivity contribution in [3.63, 3.8) is 0 Å². The molecule has 0 aliphatic carbocycles. The molecule has 0 atom stereocenters. The predicted octanol–water partition coefficient (Wildman–Crippen LogP) is 2.73. The Morgan fingerprint density at radius 1 is 1.26 bits per heavy atom. The molecule has 0 aliphatic heterocycles. The van der Waals surface area contributed by atoms with E-state index >= 15 is 0 Å². The summed E-state index contributed by atoms with van der Waals surface area (Å²) in [5, 5.41) is 3.93. The van der Waals surface area contributed by atoms with Gasteiger partial charge in [0.2, 0.25) is 5.82 Å². The molecule has 0 N–H and O–H groups in total. The highest BCUT2D eigenvalue weighted by molar-refractivity contribution is 5.97. The summed E-state index contributed by atoms with van der Waals surface area (Å²) in [6, 6.07) is 8.88. The molecular formula is C19H20N4O4. The standard InChI is InChI=1S/C19H20N4O4/c1-12-8-9-20-14(10-12)18-21-16(27-22-18)11-26-17-13(19(24)23(2)3)6-5-7-15(17)25-4/h5-10H,11H2,1-4H3. The summed E-state index contributed by atoms with van der Waals surface area (Å²) in [6.45, 7) is 1.95. The van der Waals surface area contributed by atoms with Crippen LogP contribution < -0.4 is 9.47 Å². The lowest BCUT2D eigenvalue weighted by molar-refractivity contribution is 0.0821. The lowest BCUT2D eigenvalue weighted by Gasteiger charge is -2.16. The number of hydrogen-bond acceptors (Lipinski definition) is 7. The van der Waals surface area contributed by atoms with Gasteiger partial charge in [-0.1, -0.05) is 11.2 Å².